The first-order valence-corrected chi connectivity index (χ1v) is 13.6. The van der Waals surface area contributed by atoms with Crippen LogP contribution in [0.5, 0.6) is 0 Å². The van der Waals surface area contributed by atoms with Gasteiger partial charge in [-0.2, -0.15) is 4.31 Å². The highest BCUT2D eigenvalue weighted by Gasteiger charge is 2.28. The summed E-state index contributed by atoms with van der Waals surface area (Å²) >= 11 is 6.15. The highest BCUT2D eigenvalue weighted by Crippen LogP contribution is 2.28. The van der Waals surface area contributed by atoms with E-state index in [9.17, 15) is 12.8 Å². The Kier molecular flexibility index (Phi) is 7.94. The quantitative estimate of drug-likeness (QED) is 0.240. The normalized spacial score (nSPS) is 11.7. The van der Waals surface area contributed by atoms with Crippen LogP contribution in [0, 0.1) is 26.6 Å². The molecule has 4 aromatic rings. The molecule has 4 rings (SSSR count). The molecule has 36 heavy (non-hydrogen) atoms. The molecule has 4 aromatic carbocycles. The maximum atomic E-state index is 14.0. The summed E-state index contributed by atoms with van der Waals surface area (Å²) < 4.78 is 43.1. The molecular weight excluding hydrogens is 493 g/mol. The summed E-state index contributed by atoms with van der Waals surface area (Å²) in [5.41, 5.74) is 5.98. The second kappa shape index (κ2) is 11.0. The molecule has 0 aliphatic heterocycles. The van der Waals surface area contributed by atoms with Crippen molar-refractivity contribution < 1.29 is 12.8 Å². The third kappa shape index (κ3) is 6.04. The summed E-state index contributed by atoms with van der Waals surface area (Å²) in [6.07, 6.45) is 0.533. The lowest BCUT2D eigenvalue weighted by Gasteiger charge is -2.25. The van der Waals surface area contributed by atoms with E-state index >= 15 is 0 Å². The van der Waals surface area contributed by atoms with Crippen LogP contribution in [0.2, 0.25) is 5.02 Å². The Balaban J connectivity index is 1.66. The van der Waals surface area contributed by atoms with Gasteiger partial charge in [0, 0.05) is 18.1 Å². The molecule has 0 aliphatic rings. The molecule has 0 N–H and O–H groups in total. The fourth-order valence-corrected chi connectivity index (χ4v) is 6.66. The Morgan fingerprint density at radius 1 is 0.778 bits per heavy atom. The van der Waals surface area contributed by atoms with Gasteiger partial charge in [0.05, 0.1) is 4.90 Å². The lowest BCUT2D eigenvalue weighted by molar-refractivity contribution is 0.409. The van der Waals surface area contributed by atoms with Crippen molar-refractivity contribution in [1.82, 2.24) is 4.31 Å². The lowest BCUT2D eigenvalue weighted by atomic mass is 10.0. The van der Waals surface area contributed by atoms with E-state index < -0.39 is 10.0 Å². The van der Waals surface area contributed by atoms with Gasteiger partial charge < -0.3 is 0 Å². The number of nitrogens with zero attached hydrogens (tertiary/aromatic N) is 1. The van der Waals surface area contributed by atoms with Gasteiger partial charge in [-0.1, -0.05) is 77.8 Å². The molecule has 0 atom stereocenters. The molecule has 0 aliphatic carbocycles. The molecule has 0 fully saturated rings. The first-order chi connectivity index (χ1) is 17.1. The van der Waals surface area contributed by atoms with E-state index in [1.54, 1.807) is 12.1 Å². The third-order valence-corrected chi connectivity index (χ3v) is 8.60. The van der Waals surface area contributed by atoms with Gasteiger partial charge >= 0.3 is 0 Å². The second-order valence-corrected chi connectivity index (χ2v) is 11.5. The highest BCUT2D eigenvalue weighted by molar-refractivity contribution is 7.89. The first kappa shape index (κ1) is 26.1. The van der Waals surface area contributed by atoms with Crippen molar-refractivity contribution in [2.75, 3.05) is 6.54 Å². The summed E-state index contributed by atoms with van der Waals surface area (Å²) in [7, 11) is -3.77. The van der Waals surface area contributed by atoms with E-state index in [1.165, 1.54) is 16.4 Å². The summed E-state index contributed by atoms with van der Waals surface area (Å²) in [6, 6.07) is 25.3. The smallest absolute Gasteiger partial charge is 0.207 e. The zero-order valence-corrected chi connectivity index (χ0v) is 22.2. The average molecular weight is 522 g/mol. The number of hydrogen-bond acceptors (Lipinski definition) is 2. The molecule has 6 heteroatoms. The number of hydrogen-bond donors (Lipinski definition) is 0. The number of sulfonamides is 1. The van der Waals surface area contributed by atoms with Crippen LogP contribution >= 0.6 is 11.6 Å². The van der Waals surface area contributed by atoms with Crippen molar-refractivity contribution in [1.29, 1.82) is 0 Å². The first-order valence-electron chi connectivity index (χ1n) is 11.8. The van der Waals surface area contributed by atoms with Gasteiger partial charge in [-0.3, -0.25) is 0 Å². The topological polar surface area (TPSA) is 37.4 Å². The van der Waals surface area contributed by atoms with Crippen LogP contribution in [0.3, 0.4) is 0 Å². The summed E-state index contributed by atoms with van der Waals surface area (Å²) in [6.45, 7) is 6.18. The largest absolute Gasteiger partial charge is 0.243 e. The Bertz CT molecular complexity index is 1460. The van der Waals surface area contributed by atoms with Crippen molar-refractivity contribution >= 4 is 21.6 Å². The predicted octanol–water partition coefficient (Wildman–Crippen LogP) is 7.50. The highest BCUT2D eigenvalue weighted by atomic mass is 35.5. The fourth-order valence-electron chi connectivity index (χ4n) is 4.61. The zero-order chi connectivity index (χ0) is 25.9. The van der Waals surface area contributed by atoms with Gasteiger partial charge in [-0.25, -0.2) is 12.8 Å². The number of rotatable bonds is 8. The standard InChI is InChI=1S/C30H29ClFNO2S/c1-21-16-22(2)30(23(3)17-21)36(34,35)33(15-14-24-6-4-8-28(31)18-24)20-25-10-12-26(13-11-25)27-7-5-9-29(32)19-27/h4-13,16-19H,14-15,20H2,1-3H3. The Hall–Kier alpha value is -2.99. The van der Waals surface area contributed by atoms with Crippen molar-refractivity contribution in [2.24, 2.45) is 0 Å². The van der Waals surface area contributed by atoms with E-state index in [-0.39, 0.29) is 12.4 Å². The Labute approximate surface area is 218 Å². The van der Waals surface area contributed by atoms with Gasteiger partial charge in [0.25, 0.3) is 0 Å². The van der Waals surface area contributed by atoms with Gasteiger partial charge in [0.2, 0.25) is 10.0 Å². The second-order valence-electron chi connectivity index (χ2n) is 9.15. The van der Waals surface area contributed by atoms with E-state index in [0.717, 1.165) is 38.9 Å². The molecule has 0 amide bonds. The minimum absolute atomic E-state index is 0.221. The van der Waals surface area contributed by atoms with E-state index in [1.807, 2.05) is 81.4 Å². The van der Waals surface area contributed by atoms with Gasteiger partial charge in [0.1, 0.15) is 5.82 Å². The molecule has 0 radical (unpaired) electrons. The third-order valence-electron chi connectivity index (χ3n) is 6.21. The van der Waals surface area contributed by atoms with Crippen molar-refractivity contribution in [3.63, 3.8) is 0 Å². The van der Waals surface area contributed by atoms with Crippen LogP contribution in [0.1, 0.15) is 27.8 Å². The fraction of sp³-hybridized carbons (Fsp3) is 0.200. The molecule has 0 aromatic heterocycles. The van der Waals surface area contributed by atoms with Crippen LogP contribution < -0.4 is 0 Å². The summed E-state index contributed by atoms with van der Waals surface area (Å²) in [4.78, 5) is 0.357. The molecular formula is C30H29ClFNO2S. The average Bonchev–Trinajstić information content (AvgIpc) is 2.81. The monoisotopic (exact) mass is 521 g/mol. The lowest BCUT2D eigenvalue weighted by Crippen LogP contribution is -2.33. The minimum atomic E-state index is -3.77. The van der Waals surface area contributed by atoms with Crippen LogP contribution in [-0.2, 0) is 23.0 Å². The van der Waals surface area contributed by atoms with Crippen LogP contribution in [-0.4, -0.2) is 19.3 Å². The number of benzene rings is 4. The van der Waals surface area contributed by atoms with Crippen molar-refractivity contribution in [3.05, 3.63) is 124 Å². The van der Waals surface area contributed by atoms with Gasteiger partial charge in [0.15, 0.2) is 0 Å². The van der Waals surface area contributed by atoms with Crippen LogP contribution in [0.25, 0.3) is 11.1 Å². The maximum absolute atomic E-state index is 14.0. The predicted molar refractivity (Wildman–Crippen MR) is 145 cm³/mol. The molecule has 0 saturated heterocycles. The zero-order valence-electron chi connectivity index (χ0n) is 20.6. The molecule has 0 heterocycles. The molecule has 3 nitrogen and oxygen atoms in total. The van der Waals surface area contributed by atoms with E-state index in [4.69, 9.17) is 11.6 Å². The number of aryl methyl sites for hydroxylation is 3. The number of halogens is 2. The van der Waals surface area contributed by atoms with Gasteiger partial charge in [-0.15, -0.1) is 0 Å². The molecule has 0 bridgehead atoms. The van der Waals surface area contributed by atoms with Crippen molar-refractivity contribution in [2.45, 2.75) is 38.6 Å². The van der Waals surface area contributed by atoms with E-state index in [0.29, 0.717) is 22.9 Å². The van der Waals surface area contributed by atoms with Crippen LogP contribution in [0.15, 0.2) is 89.8 Å². The van der Waals surface area contributed by atoms with Gasteiger partial charge in [-0.05, 0) is 84.8 Å². The Morgan fingerprint density at radius 2 is 1.44 bits per heavy atom. The molecule has 0 unspecified atom stereocenters. The summed E-state index contributed by atoms with van der Waals surface area (Å²) in [5.74, 6) is -0.293. The Morgan fingerprint density at radius 3 is 2.08 bits per heavy atom. The SMILES string of the molecule is Cc1cc(C)c(S(=O)(=O)N(CCc2cccc(Cl)c2)Cc2ccc(-c3cccc(F)c3)cc2)c(C)c1. The van der Waals surface area contributed by atoms with Crippen LogP contribution in [0.4, 0.5) is 4.39 Å². The molecule has 0 saturated carbocycles. The molecule has 186 valence electrons. The molecule has 0 spiro atoms. The van der Waals surface area contributed by atoms with Crippen molar-refractivity contribution in [3.8, 4) is 11.1 Å². The van der Waals surface area contributed by atoms with E-state index in [2.05, 4.69) is 0 Å². The maximum Gasteiger partial charge on any atom is 0.243 e. The summed E-state index contributed by atoms with van der Waals surface area (Å²) in [5, 5.41) is 0.625. The minimum Gasteiger partial charge on any atom is -0.207 e.